The SMILES string of the molecule is CCNC(=O)NC(=O)COC(=O)c1ccc(S(=O)(=O)N2CCC(C)CC2)cc1. The van der Waals surface area contributed by atoms with Crippen molar-refractivity contribution in [3.8, 4) is 0 Å². The van der Waals surface area contributed by atoms with Crippen LogP contribution >= 0.6 is 0 Å². The summed E-state index contributed by atoms with van der Waals surface area (Å²) >= 11 is 0. The van der Waals surface area contributed by atoms with Crippen molar-refractivity contribution in [3.05, 3.63) is 29.8 Å². The van der Waals surface area contributed by atoms with Crippen LogP contribution in [0.15, 0.2) is 29.2 Å². The highest BCUT2D eigenvalue weighted by atomic mass is 32.2. The summed E-state index contributed by atoms with van der Waals surface area (Å²) in [6.07, 6.45) is 1.64. The molecule has 1 aliphatic rings. The number of amides is 3. The summed E-state index contributed by atoms with van der Waals surface area (Å²) in [6.45, 7) is 4.48. The molecular formula is C18H25N3O6S. The number of hydrogen-bond donors (Lipinski definition) is 2. The number of nitrogens with zero attached hydrogens (tertiary/aromatic N) is 1. The number of carbonyl (C=O) groups excluding carboxylic acids is 3. The van der Waals surface area contributed by atoms with E-state index in [1.54, 1.807) is 6.92 Å². The minimum Gasteiger partial charge on any atom is -0.452 e. The second kappa shape index (κ2) is 9.65. The van der Waals surface area contributed by atoms with Gasteiger partial charge in [-0.3, -0.25) is 10.1 Å². The molecule has 0 radical (unpaired) electrons. The van der Waals surface area contributed by atoms with E-state index in [4.69, 9.17) is 4.74 Å². The van der Waals surface area contributed by atoms with Crippen molar-refractivity contribution < 1.29 is 27.5 Å². The summed E-state index contributed by atoms with van der Waals surface area (Å²) < 4.78 is 31.6. The van der Waals surface area contributed by atoms with Gasteiger partial charge in [0, 0.05) is 19.6 Å². The van der Waals surface area contributed by atoms with Gasteiger partial charge in [-0.1, -0.05) is 6.92 Å². The Bertz CT molecular complexity index is 814. The normalized spacial score (nSPS) is 15.6. The molecule has 9 nitrogen and oxygen atoms in total. The second-order valence-corrected chi connectivity index (χ2v) is 8.53. The molecule has 0 spiro atoms. The van der Waals surface area contributed by atoms with Crippen LogP contribution in [0.1, 0.15) is 37.0 Å². The molecule has 28 heavy (non-hydrogen) atoms. The third-order valence-electron chi connectivity index (χ3n) is 4.40. The summed E-state index contributed by atoms with van der Waals surface area (Å²) in [4.78, 5) is 34.8. The first-order valence-electron chi connectivity index (χ1n) is 9.09. The van der Waals surface area contributed by atoms with Crippen LogP contribution in [-0.4, -0.2) is 56.9 Å². The highest BCUT2D eigenvalue weighted by Crippen LogP contribution is 2.23. The number of urea groups is 1. The predicted molar refractivity (Wildman–Crippen MR) is 101 cm³/mol. The number of imide groups is 1. The maximum atomic E-state index is 12.7. The second-order valence-electron chi connectivity index (χ2n) is 6.59. The monoisotopic (exact) mass is 411 g/mol. The van der Waals surface area contributed by atoms with Gasteiger partial charge in [-0.25, -0.2) is 18.0 Å². The Morgan fingerprint density at radius 2 is 1.75 bits per heavy atom. The number of sulfonamides is 1. The number of esters is 1. The Morgan fingerprint density at radius 3 is 2.32 bits per heavy atom. The fourth-order valence-electron chi connectivity index (χ4n) is 2.72. The van der Waals surface area contributed by atoms with E-state index in [2.05, 4.69) is 12.2 Å². The highest BCUT2D eigenvalue weighted by molar-refractivity contribution is 7.89. The Labute approximate surface area is 164 Å². The van der Waals surface area contributed by atoms with Crippen LogP contribution in [-0.2, 0) is 19.6 Å². The molecule has 1 fully saturated rings. The summed E-state index contributed by atoms with van der Waals surface area (Å²) in [5, 5.41) is 4.38. The predicted octanol–water partition coefficient (Wildman–Crippen LogP) is 1.11. The maximum absolute atomic E-state index is 12.7. The van der Waals surface area contributed by atoms with Gasteiger partial charge in [-0.05, 0) is 49.9 Å². The Balaban J connectivity index is 1.93. The van der Waals surface area contributed by atoms with Gasteiger partial charge in [-0.2, -0.15) is 4.31 Å². The molecule has 2 rings (SSSR count). The summed E-state index contributed by atoms with van der Waals surface area (Å²) in [5.74, 6) is -1.05. The molecule has 154 valence electrons. The molecule has 10 heteroatoms. The number of nitrogens with one attached hydrogen (secondary N) is 2. The van der Waals surface area contributed by atoms with Crippen LogP contribution < -0.4 is 10.6 Å². The van der Waals surface area contributed by atoms with Crippen LogP contribution in [0.2, 0.25) is 0 Å². The maximum Gasteiger partial charge on any atom is 0.338 e. The van der Waals surface area contributed by atoms with Crippen molar-refractivity contribution in [3.63, 3.8) is 0 Å². The molecule has 0 bridgehead atoms. The lowest BCUT2D eigenvalue weighted by Crippen LogP contribution is -2.41. The molecule has 1 aromatic carbocycles. The number of piperidine rings is 1. The number of ether oxygens (including phenoxy) is 1. The van der Waals surface area contributed by atoms with Gasteiger partial charge >= 0.3 is 12.0 Å². The lowest BCUT2D eigenvalue weighted by Gasteiger charge is -2.29. The van der Waals surface area contributed by atoms with Crippen LogP contribution in [0.5, 0.6) is 0 Å². The van der Waals surface area contributed by atoms with Crippen molar-refractivity contribution >= 4 is 27.9 Å². The van der Waals surface area contributed by atoms with E-state index in [-0.39, 0.29) is 10.5 Å². The summed E-state index contributed by atoms with van der Waals surface area (Å²) in [5.41, 5.74) is 0.108. The number of hydrogen-bond acceptors (Lipinski definition) is 6. The molecule has 1 aromatic rings. The first kappa shape index (κ1) is 21.8. The molecule has 1 heterocycles. The smallest absolute Gasteiger partial charge is 0.338 e. The van der Waals surface area contributed by atoms with Crippen LogP contribution in [0.4, 0.5) is 4.79 Å². The number of rotatable bonds is 6. The lowest BCUT2D eigenvalue weighted by atomic mass is 10.0. The van der Waals surface area contributed by atoms with Crippen LogP contribution in [0, 0.1) is 5.92 Å². The van der Waals surface area contributed by atoms with E-state index < -0.39 is 34.5 Å². The van der Waals surface area contributed by atoms with Crippen LogP contribution in [0.25, 0.3) is 0 Å². The molecule has 0 aromatic heterocycles. The first-order chi connectivity index (χ1) is 13.2. The standard InChI is InChI=1S/C18H25N3O6S/c1-3-19-18(24)20-16(22)12-27-17(23)14-4-6-15(7-5-14)28(25,26)21-10-8-13(2)9-11-21/h4-7,13H,3,8-12H2,1-2H3,(H2,19,20,22,24). The van der Waals surface area contributed by atoms with Crippen molar-refractivity contribution in [1.82, 2.24) is 14.9 Å². The summed E-state index contributed by atoms with van der Waals surface area (Å²) in [6, 6.07) is 4.69. The van der Waals surface area contributed by atoms with Gasteiger partial charge < -0.3 is 10.1 Å². The van der Waals surface area contributed by atoms with E-state index in [1.165, 1.54) is 28.6 Å². The molecule has 0 saturated carbocycles. The van der Waals surface area contributed by atoms with Crippen molar-refractivity contribution in [2.45, 2.75) is 31.6 Å². The lowest BCUT2D eigenvalue weighted by molar-refractivity contribution is -0.123. The van der Waals surface area contributed by atoms with E-state index in [0.717, 1.165) is 12.8 Å². The van der Waals surface area contributed by atoms with E-state index >= 15 is 0 Å². The van der Waals surface area contributed by atoms with E-state index in [0.29, 0.717) is 25.6 Å². The fourth-order valence-corrected chi connectivity index (χ4v) is 4.19. The molecule has 1 aliphatic heterocycles. The number of benzene rings is 1. The molecule has 0 atom stereocenters. The van der Waals surface area contributed by atoms with Gasteiger partial charge in [0.25, 0.3) is 5.91 Å². The van der Waals surface area contributed by atoms with Crippen LogP contribution in [0.3, 0.4) is 0 Å². The van der Waals surface area contributed by atoms with Gasteiger partial charge in [-0.15, -0.1) is 0 Å². The Morgan fingerprint density at radius 1 is 1.14 bits per heavy atom. The quantitative estimate of drug-likeness (QED) is 0.676. The summed E-state index contributed by atoms with van der Waals surface area (Å²) in [7, 11) is -3.60. The highest BCUT2D eigenvalue weighted by Gasteiger charge is 2.28. The van der Waals surface area contributed by atoms with Gasteiger partial charge in [0.2, 0.25) is 10.0 Å². The van der Waals surface area contributed by atoms with Gasteiger partial charge in [0.15, 0.2) is 6.61 Å². The number of carbonyl (C=O) groups is 3. The van der Waals surface area contributed by atoms with E-state index in [1.807, 2.05) is 5.32 Å². The molecule has 0 aliphatic carbocycles. The largest absolute Gasteiger partial charge is 0.452 e. The molecule has 3 amide bonds. The zero-order chi connectivity index (χ0) is 20.7. The zero-order valence-corrected chi connectivity index (χ0v) is 16.8. The Kier molecular flexibility index (Phi) is 7.53. The van der Waals surface area contributed by atoms with Gasteiger partial charge in [0.05, 0.1) is 10.5 Å². The third kappa shape index (κ3) is 5.77. The topological polar surface area (TPSA) is 122 Å². The van der Waals surface area contributed by atoms with Crippen molar-refractivity contribution in [2.24, 2.45) is 5.92 Å². The molecular weight excluding hydrogens is 386 g/mol. The first-order valence-corrected chi connectivity index (χ1v) is 10.5. The molecule has 0 unspecified atom stereocenters. The average molecular weight is 411 g/mol. The molecule has 1 saturated heterocycles. The van der Waals surface area contributed by atoms with E-state index in [9.17, 15) is 22.8 Å². The molecule has 2 N–H and O–H groups in total. The Hall–Kier alpha value is -2.46. The van der Waals surface area contributed by atoms with Gasteiger partial charge in [0.1, 0.15) is 0 Å². The average Bonchev–Trinajstić information content (AvgIpc) is 2.66. The fraction of sp³-hybridized carbons (Fsp3) is 0.500. The third-order valence-corrected chi connectivity index (χ3v) is 6.31. The van der Waals surface area contributed by atoms with Crippen molar-refractivity contribution in [1.29, 1.82) is 0 Å². The minimum absolute atomic E-state index is 0.104. The minimum atomic E-state index is -3.60. The zero-order valence-electron chi connectivity index (χ0n) is 15.9. The van der Waals surface area contributed by atoms with Crippen molar-refractivity contribution in [2.75, 3.05) is 26.2 Å².